The number of esters is 1. The van der Waals surface area contributed by atoms with Gasteiger partial charge in [0.1, 0.15) is 0 Å². The van der Waals surface area contributed by atoms with Crippen LogP contribution in [0, 0.1) is 0 Å². The molecule has 0 N–H and O–H groups in total. The Morgan fingerprint density at radius 1 is 1.33 bits per heavy atom. The number of carbonyl (C=O) groups excluding carboxylic acids is 2. The molecule has 5 nitrogen and oxygen atoms in total. The monoisotopic (exact) mass is 311 g/mol. The van der Waals surface area contributed by atoms with E-state index in [-0.39, 0.29) is 11.9 Å². The largest absolute Gasteiger partial charge is 0.469 e. The minimum absolute atomic E-state index is 0.108. The molecule has 0 aliphatic rings. The Balaban J connectivity index is 2.61. The second-order valence-electron chi connectivity index (χ2n) is 4.82. The number of hydrogen-bond acceptors (Lipinski definition) is 4. The van der Waals surface area contributed by atoms with Crippen LogP contribution in [0.1, 0.15) is 28.8 Å². The predicted octanol–water partition coefficient (Wildman–Crippen LogP) is 1.59. The quantitative estimate of drug-likeness (QED) is 0.717. The van der Waals surface area contributed by atoms with Crippen molar-refractivity contribution in [1.29, 1.82) is 0 Å². The summed E-state index contributed by atoms with van der Waals surface area (Å²) in [6.07, 6.45) is 2.49. The standard InChI is InChI=1S/C15H21NO4S/c1-16(9-5-8-14(17)20-2)15(18)13-7-4-6-12(10-13)11-21(3)19/h4,6-7,10H,5,8-9,11H2,1-3H3. The molecule has 1 unspecified atom stereocenters. The SMILES string of the molecule is COC(=O)CCCN(C)C(=O)c1cccc(CS(C)=O)c1. The fraction of sp³-hybridized carbons (Fsp3) is 0.467. The summed E-state index contributed by atoms with van der Waals surface area (Å²) < 4.78 is 15.8. The molecule has 1 atom stereocenters. The minimum Gasteiger partial charge on any atom is -0.469 e. The number of hydrogen-bond donors (Lipinski definition) is 0. The molecular formula is C15H21NO4S. The number of rotatable bonds is 7. The molecule has 1 aromatic rings. The van der Waals surface area contributed by atoms with Crippen molar-refractivity contribution < 1.29 is 18.5 Å². The fourth-order valence-corrected chi connectivity index (χ4v) is 2.56. The summed E-state index contributed by atoms with van der Waals surface area (Å²) in [4.78, 5) is 24.9. The van der Waals surface area contributed by atoms with Gasteiger partial charge in [-0.2, -0.15) is 0 Å². The van der Waals surface area contributed by atoms with Crippen LogP contribution >= 0.6 is 0 Å². The highest BCUT2D eigenvalue weighted by molar-refractivity contribution is 7.83. The first-order chi connectivity index (χ1) is 9.93. The molecule has 0 heterocycles. The van der Waals surface area contributed by atoms with Crippen LogP contribution in [-0.4, -0.2) is 47.9 Å². The van der Waals surface area contributed by atoms with E-state index in [1.165, 1.54) is 7.11 Å². The molecule has 0 aromatic heterocycles. The Kier molecular flexibility index (Phi) is 7.08. The van der Waals surface area contributed by atoms with E-state index in [1.807, 2.05) is 6.07 Å². The van der Waals surface area contributed by atoms with Crippen molar-refractivity contribution in [2.75, 3.05) is 27.0 Å². The Bertz CT molecular complexity index is 530. The molecule has 0 saturated heterocycles. The minimum atomic E-state index is -0.936. The van der Waals surface area contributed by atoms with E-state index in [0.717, 1.165) is 5.56 Å². The molecule has 21 heavy (non-hydrogen) atoms. The van der Waals surface area contributed by atoms with E-state index in [0.29, 0.717) is 30.7 Å². The summed E-state index contributed by atoms with van der Waals surface area (Å²) in [5.74, 6) is 0.0551. The molecule has 0 aliphatic carbocycles. The van der Waals surface area contributed by atoms with Gasteiger partial charge in [0, 0.05) is 48.4 Å². The van der Waals surface area contributed by atoms with E-state index in [9.17, 15) is 13.8 Å². The molecule has 0 radical (unpaired) electrons. The van der Waals surface area contributed by atoms with Gasteiger partial charge in [-0.15, -0.1) is 0 Å². The van der Waals surface area contributed by atoms with Crippen LogP contribution in [0.4, 0.5) is 0 Å². The lowest BCUT2D eigenvalue weighted by Crippen LogP contribution is -2.28. The van der Waals surface area contributed by atoms with Gasteiger partial charge in [-0.25, -0.2) is 0 Å². The summed E-state index contributed by atoms with van der Waals surface area (Å²) in [6, 6.07) is 7.15. The molecule has 0 aliphatic heterocycles. The Morgan fingerprint density at radius 2 is 2.05 bits per heavy atom. The predicted molar refractivity (Wildman–Crippen MR) is 82.4 cm³/mol. The van der Waals surface area contributed by atoms with E-state index >= 15 is 0 Å². The van der Waals surface area contributed by atoms with Gasteiger partial charge in [-0.3, -0.25) is 13.8 Å². The van der Waals surface area contributed by atoms with Crippen molar-refractivity contribution in [2.24, 2.45) is 0 Å². The summed E-state index contributed by atoms with van der Waals surface area (Å²) in [7, 11) is 2.11. The van der Waals surface area contributed by atoms with Crippen LogP contribution in [0.2, 0.25) is 0 Å². The molecule has 0 fully saturated rings. The van der Waals surface area contributed by atoms with Gasteiger partial charge in [0.15, 0.2) is 0 Å². The van der Waals surface area contributed by atoms with Crippen molar-refractivity contribution >= 4 is 22.7 Å². The smallest absolute Gasteiger partial charge is 0.305 e. The van der Waals surface area contributed by atoms with Crippen LogP contribution in [0.25, 0.3) is 0 Å². The third-order valence-corrected chi connectivity index (χ3v) is 3.73. The first-order valence-corrected chi connectivity index (χ1v) is 8.38. The molecule has 1 aromatic carbocycles. The summed E-state index contributed by atoms with van der Waals surface area (Å²) in [6.45, 7) is 0.484. The topological polar surface area (TPSA) is 63.7 Å². The molecule has 116 valence electrons. The molecule has 6 heteroatoms. The lowest BCUT2D eigenvalue weighted by Gasteiger charge is -2.17. The number of ether oxygens (including phenoxy) is 1. The average Bonchev–Trinajstić information content (AvgIpc) is 2.45. The first-order valence-electron chi connectivity index (χ1n) is 6.65. The number of nitrogens with zero attached hydrogens (tertiary/aromatic N) is 1. The molecule has 0 spiro atoms. The first kappa shape index (κ1) is 17.4. The Hall–Kier alpha value is -1.69. The Morgan fingerprint density at radius 3 is 2.67 bits per heavy atom. The lowest BCUT2D eigenvalue weighted by molar-refractivity contribution is -0.140. The third-order valence-electron chi connectivity index (χ3n) is 2.99. The van der Waals surface area contributed by atoms with Gasteiger partial charge in [0.2, 0.25) is 0 Å². The maximum Gasteiger partial charge on any atom is 0.305 e. The van der Waals surface area contributed by atoms with Crippen LogP contribution in [0.5, 0.6) is 0 Å². The molecule has 1 amide bonds. The van der Waals surface area contributed by atoms with Gasteiger partial charge < -0.3 is 9.64 Å². The van der Waals surface area contributed by atoms with Crippen LogP contribution in [0.15, 0.2) is 24.3 Å². The second kappa shape index (κ2) is 8.56. The highest BCUT2D eigenvalue weighted by Gasteiger charge is 2.12. The highest BCUT2D eigenvalue weighted by atomic mass is 32.2. The normalized spacial score (nSPS) is 11.8. The fourth-order valence-electron chi connectivity index (χ4n) is 1.91. The molecule has 1 rings (SSSR count). The summed E-state index contributed by atoms with van der Waals surface area (Å²) in [5, 5.41) is 0. The summed E-state index contributed by atoms with van der Waals surface area (Å²) >= 11 is 0. The lowest BCUT2D eigenvalue weighted by atomic mass is 10.1. The average molecular weight is 311 g/mol. The van der Waals surface area contributed by atoms with Crippen LogP contribution in [0.3, 0.4) is 0 Å². The second-order valence-corrected chi connectivity index (χ2v) is 6.26. The van der Waals surface area contributed by atoms with Crippen LogP contribution < -0.4 is 0 Å². The van der Waals surface area contributed by atoms with Crippen molar-refractivity contribution in [1.82, 2.24) is 4.90 Å². The third kappa shape index (κ3) is 6.08. The van der Waals surface area contributed by atoms with Gasteiger partial charge in [-0.05, 0) is 24.1 Å². The van der Waals surface area contributed by atoms with Crippen molar-refractivity contribution in [3.8, 4) is 0 Å². The maximum absolute atomic E-state index is 12.3. The summed E-state index contributed by atoms with van der Waals surface area (Å²) in [5.41, 5.74) is 1.45. The van der Waals surface area contributed by atoms with Crippen LogP contribution in [-0.2, 0) is 26.1 Å². The van der Waals surface area contributed by atoms with E-state index in [4.69, 9.17) is 0 Å². The van der Waals surface area contributed by atoms with Crippen molar-refractivity contribution in [3.63, 3.8) is 0 Å². The van der Waals surface area contributed by atoms with Crippen molar-refractivity contribution in [2.45, 2.75) is 18.6 Å². The number of methoxy groups -OCH3 is 1. The van der Waals surface area contributed by atoms with Gasteiger partial charge in [0.05, 0.1) is 7.11 Å². The van der Waals surface area contributed by atoms with Gasteiger partial charge in [-0.1, -0.05) is 12.1 Å². The molecule has 0 saturated carbocycles. The van der Waals surface area contributed by atoms with Gasteiger partial charge in [0.25, 0.3) is 5.91 Å². The van der Waals surface area contributed by atoms with E-state index in [2.05, 4.69) is 4.74 Å². The Labute approximate surface area is 127 Å². The zero-order valence-corrected chi connectivity index (χ0v) is 13.4. The maximum atomic E-state index is 12.3. The number of carbonyl (C=O) groups is 2. The number of benzene rings is 1. The molecular weight excluding hydrogens is 290 g/mol. The van der Waals surface area contributed by atoms with E-state index in [1.54, 1.807) is 36.4 Å². The molecule has 0 bridgehead atoms. The van der Waals surface area contributed by atoms with E-state index < -0.39 is 10.8 Å². The van der Waals surface area contributed by atoms with Crippen molar-refractivity contribution in [3.05, 3.63) is 35.4 Å². The zero-order chi connectivity index (χ0) is 15.8. The highest BCUT2D eigenvalue weighted by Crippen LogP contribution is 2.10. The number of amides is 1. The van der Waals surface area contributed by atoms with Gasteiger partial charge >= 0.3 is 5.97 Å². The zero-order valence-electron chi connectivity index (χ0n) is 12.6.